The molecule has 0 aliphatic carbocycles. The Morgan fingerprint density at radius 2 is 1.83 bits per heavy atom. The molecule has 3 heterocycles. The number of benzene rings is 2. The van der Waals surface area contributed by atoms with E-state index in [1.807, 2.05) is 67.6 Å². The quantitative estimate of drug-likeness (QED) is 0.128. The van der Waals surface area contributed by atoms with Crippen molar-refractivity contribution in [2.24, 2.45) is 16.6 Å². The maximum Gasteiger partial charge on any atom is 0.250 e. The number of aliphatic imine (C=N–C) groups is 1. The van der Waals surface area contributed by atoms with Gasteiger partial charge in [0.25, 0.3) is 0 Å². The molecular weight excluding hydrogens is 532 g/mol. The zero-order chi connectivity index (χ0) is 29.6. The van der Waals surface area contributed by atoms with Crippen LogP contribution >= 0.6 is 0 Å². The zero-order valence-electron chi connectivity index (χ0n) is 23.5. The summed E-state index contributed by atoms with van der Waals surface area (Å²) in [5.74, 6) is 1.86. The largest absolute Gasteiger partial charge is 0.482 e. The molecular formula is C32H32N6O4. The van der Waals surface area contributed by atoms with E-state index in [0.717, 1.165) is 40.0 Å². The van der Waals surface area contributed by atoms with Crippen molar-refractivity contribution in [1.82, 2.24) is 9.97 Å². The first-order chi connectivity index (χ1) is 20.4. The molecule has 2 aromatic heterocycles. The number of anilines is 1. The van der Waals surface area contributed by atoms with Crippen molar-refractivity contribution in [2.45, 2.75) is 6.92 Å². The fourth-order valence-electron chi connectivity index (χ4n) is 4.79. The highest BCUT2D eigenvalue weighted by atomic mass is 16.5. The van der Waals surface area contributed by atoms with Gasteiger partial charge in [0, 0.05) is 35.5 Å². The van der Waals surface area contributed by atoms with Gasteiger partial charge in [-0.3, -0.25) is 10.2 Å². The van der Waals surface area contributed by atoms with Crippen molar-refractivity contribution < 1.29 is 19.0 Å². The lowest BCUT2D eigenvalue weighted by molar-refractivity contribution is -0.115. The summed E-state index contributed by atoms with van der Waals surface area (Å²) >= 11 is 0. The number of rotatable bonds is 11. The van der Waals surface area contributed by atoms with Crippen LogP contribution in [-0.4, -0.2) is 54.9 Å². The second kappa shape index (κ2) is 12.5. The Balaban J connectivity index is 1.55. The average molecular weight is 565 g/mol. The Bertz CT molecular complexity index is 1620. The maximum absolute atomic E-state index is 12.7. The number of amides is 1. The summed E-state index contributed by atoms with van der Waals surface area (Å²) in [7, 11) is 1.57. The number of H-pyrrole nitrogens is 1. The highest BCUT2D eigenvalue weighted by molar-refractivity contribution is 6.09. The molecule has 1 fully saturated rings. The van der Waals surface area contributed by atoms with Crippen LogP contribution in [0.5, 0.6) is 17.5 Å². The van der Waals surface area contributed by atoms with E-state index < -0.39 is 0 Å². The minimum Gasteiger partial charge on any atom is -0.482 e. The van der Waals surface area contributed by atoms with E-state index in [-0.39, 0.29) is 17.7 Å². The van der Waals surface area contributed by atoms with E-state index in [1.165, 1.54) is 6.08 Å². The maximum atomic E-state index is 12.7. The second-order valence-corrected chi connectivity index (χ2v) is 9.77. The highest BCUT2D eigenvalue weighted by Crippen LogP contribution is 2.43. The third kappa shape index (κ3) is 5.93. The predicted molar refractivity (Wildman–Crippen MR) is 164 cm³/mol. The Labute approximate surface area is 244 Å². The van der Waals surface area contributed by atoms with Crippen LogP contribution in [0.1, 0.15) is 11.4 Å². The number of carbonyl (C=O) groups excluding carboxylic acids is 1. The van der Waals surface area contributed by atoms with Gasteiger partial charge >= 0.3 is 0 Å². The Kier molecular flexibility index (Phi) is 8.44. The van der Waals surface area contributed by atoms with Gasteiger partial charge in [-0.1, -0.05) is 36.9 Å². The van der Waals surface area contributed by atoms with Gasteiger partial charge in [0.05, 0.1) is 31.6 Å². The fraction of sp³-hybridized carbons (Fsp3) is 0.188. The predicted octanol–water partition coefficient (Wildman–Crippen LogP) is 5.33. The monoisotopic (exact) mass is 564 g/mol. The number of methoxy groups -OCH3 is 1. The first-order valence-corrected chi connectivity index (χ1v) is 13.4. The van der Waals surface area contributed by atoms with E-state index in [4.69, 9.17) is 25.4 Å². The number of nitrogens with zero attached hydrogens (tertiary/aromatic N) is 3. The van der Waals surface area contributed by atoms with Crippen molar-refractivity contribution in [1.29, 1.82) is 5.41 Å². The van der Waals surface area contributed by atoms with Crippen LogP contribution in [0.25, 0.3) is 22.3 Å². The van der Waals surface area contributed by atoms with Crippen LogP contribution < -0.4 is 20.1 Å². The summed E-state index contributed by atoms with van der Waals surface area (Å²) in [5, 5.41) is 7.45. The number of ether oxygens (including phenoxy) is 3. The van der Waals surface area contributed by atoms with Gasteiger partial charge in [-0.15, -0.1) is 0 Å². The number of pyridine rings is 1. The van der Waals surface area contributed by atoms with Gasteiger partial charge in [0.15, 0.2) is 5.88 Å². The summed E-state index contributed by atoms with van der Waals surface area (Å²) in [6, 6.07) is 20.8. The number of carbonyl (C=O) groups is 1. The molecule has 0 unspecified atom stereocenters. The van der Waals surface area contributed by atoms with E-state index in [0.29, 0.717) is 43.0 Å². The van der Waals surface area contributed by atoms with E-state index in [9.17, 15) is 4.79 Å². The van der Waals surface area contributed by atoms with Crippen molar-refractivity contribution >= 4 is 23.8 Å². The number of nitrogens with two attached hydrogens (primary N) is 1. The number of hydrogen-bond donors (Lipinski definition) is 3. The highest BCUT2D eigenvalue weighted by Gasteiger charge is 2.26. The molecule has 0 bridgehead atoms. The molecule has 2 aromatic carbocycles. The minimum atomic E-state index is -0.171. The van der Waals surface area contributed by atoms with E-state index in [2.05, 4.69) is 21.5 Å². The lowest BCUT2D eigenvalue weighted by atomic mass is 9.95. The van der Waals surface area contributed by atoms with Gasteiger partial charge in [-0.25, -0.2) is 9.98 Å². The molecule has 0 saturated carbocycles. The van der Waals surface area contributed by atoms with Crippen LogP contribution in [0.3, 0.4) is 0 Å². The molecule has 214 valence electrons. The number of hydrogen-bond acceptors (Lipinski definition) is 6. The van der Waals surface area contributed by atoms with Crippen LogP contribution in [0.2, 0.25) is 0 Å². The summed E-state index contributed by atoms with van der Waals surface area (Å²) in [4.78, 5) is 26.0. The molecule has 1 saturated heterocycles. The zero-order valence-corrected chi connectivity index (χ0v) is 23.5. The molecule has 1 aliphatic rings. The molecule has 42 heavy (non-hydrogen) atoms. The smallest absolute Gasteiger partial charge is 0.250 e. The molecule has 0 spiro atoms. The van der Waals surface area contributed by atoms with E-state index in [1.54, 1.807) is 18.1 Å². The van der Waals surface area contributed by atoms with Crippen molar-refractivity contribution in [3.63, 3.8) is 0 Å². The Morgan fingerprint density at radius 3 is 2.43 bits per heavy atom. The van der Waals surface area contributed by atoms with Gasteiger partial charge in [-0.2, -0.15) is 0 Å². The Hall–Kier alpha value is -5.22. The van der Waals surface area contributed by atoms with Crippen molar-refractivity contribution in [3.05, 3.63) is 90.8 Å². The van der Waals surface area contributed by atoms with Crippen molar-refractivity contribution in [2.75, 3.05) is 31.8 Å². The van der Waals surface area contributed by atoms with Crippen LogP contribution in [0.4, 0.5) is 5.69 Å². The van der Waals surface area contributed by atoms with Crippen LogP contribution in [-0.2, 0) is 9.53 Å². The summed E-state index contributed by atoms with van der Waals surface area (Å²) in [5.41, 5.74) is 11.6. The summed E-state index contributed by atoms with van der Waals surface area (Å²) < 4.78 is 17.0. The molecule has 10 nitrogen and oxygen atoms in total. The molecule has 4 N–H and O–H groups in total. The number of nitrogens with one attached hydrogen (secondary N) is 2. The van der Waals surface area contributed by atoms with E-state index >= 15 is 0 Å². The third-order valence-electron chi connectivity index (χ3n) is 6.91. The molecule has 4 aromatic rings. The van der Waals surface area contributed by atoms with Crippen LogP contribution in [0, 0.1) is 18.3 Å². The van der Waals surface area contributed by atoms with Crippen LogP contribution in [0.15, 0.2) is 84.4 Å². The minimum absolute atomic E-state index is 0.135. The summed E-state index contributed by atoms with van der Waals surface area (Å²) in [6.45, 7) is 7.39. The Morgan fingerprint density at radius 1 is 1.14 bits per heavy atom. The SMILES string of the molecule is C=CC(=O)N(CC1COC1)c1ccc(-c2c(OC)[nH]c(/C(N)=N\C=N)c2-c2ccc(Oc3cccc(C)n3)cc2)cc1. The topological polar surface area (TPSA) is 139 Å². The normalized spacial score (nSPS) is 13.2. The molecule has 1 amide bonds. The van der Waals surface area contributed by atoms with Gasteiger partial charge in [0.1, 0.15) is 17.9 Å². The van der Waals surface area contributed by atoms with Gasteiger partial charge < -0.3 is 29.8 Å². The first-order valence-electron chi connectivity index (χ1n) is 13.4. The average Bonchev–Trinajstić information content (AvgIpc) is 3.37. The molecule has 1 aliphatic heterocycles. The van der Waals surface area contributed by atoms with Crippen molar-refractivity contribution in [3.8, 4) is 39.8 Å². The number of aromatic amines is 1. The number of aromatic nitrogens is 2. The number of aryl methyl sites for hydroxylation is 1. The fourth-order valence-corrected chi connectivity index (χ4v) is 4.79. The molecule has 0 radical (unpaired) electrons. The lowest BCUT2D eigenvalue weighted by Crippen LogP contribution is -2.42. The lowest BCUT2D eigenvalue weighted by Gasteiger charge is -2.32. The summed E-state index contributed by atoms with van der Waals surface area (Å²) in [6.07, 6.45) is 2.21. The first kappa shape index (κ1) is 28.3. The van der Waals surface area contributed by atoms with Gasteiger partial charge in [-0.05, 0) is 54.5 Å². The molecule has 5 rings (SSSR count). The molecule has 0 atom stereocenters. The third-order valence-corrected chi connectivity index (χ3v) is 6.91. The second-order valence-electron chi connectivity index (χ2n) is 9.77. The molecule has 10 heteroatoms. The van der Waals surface area contributed by atoms with Gasteiger partial charge in [0.2, 0.25) is 11.8 Å². The standard InChI is InChI=1S/C32H32N6O4/c1-4-27(39)38(16-21-17-41-18-21)24-12-8-23(9-13-24)29-28(30(31(34)35-19-33)37-32(29)40-3)22-10-14-25(15-11-22)42-26-7-5-6-20(2)36-26/h4-15,19,21,37H,1,16-18H2,2-3H3,(H3,33,34,35). The number of amidine groups is 1.